The Kier molecular flexibility index (Phi) is 7.01. The molecule has 1 aliphatic rings. The first-order chi connectivity index (χ1) is 14.3. The van der Waals surface area contributed by atoms with Crippen LogP contribution in [0.2, 0.25) is 0 Å². The third-order valence-corrected chi connectivity index (χ3v) is 6.64. The number of piperazine rings is 1. The van der Waals surface area contributed by atoms with Gasteiger partial charge in [-0.2, -0.15) is 4.31 Å². The van der Waals surface area contributed by atoms with Gasteiger partial charge < -0.3 is 14.4 Å². The van der Waals surface area contributed by atoms with Crippen LogP contribution in [0.3, 0.4) is 0 Å². The van der Waals surface area contributed by atoms with E-state index in [1.54, 1.807) is 7.11 Å². The SMILES string of the molecule is COc1cccc(COCC(=O)N2CCN(S(=O)(=O)c3ccc(F)c(F)c3)CC2)c1. The summed E-state index contributed by atoms with van der Waals surface area (Å²) in [5, 5.41) is 0. The molecule has 162 valence electrons. The summed E-state index contributed by atoms with van der Waals surface area (Å²) in [6.45, 7) is 0.598. The van der Waals surface area contributed by atoms with Gasteiger partial charge in [0, 0.05) is 26.2 Å². The minimum Gasteiger partial charge on any atom is -0.497 e. The predicted molar refractivity (Wildman–Crippen MR) is 104 cm³/mol. The summed E-state index contributed by atoms with van der Waals surface area (Å²) in [4.78, 5) is 13.5. The lowest BCUT2D eigenvalue weighted by Crippen LogP contribution is -2.51. The van der Waals surface area contributed by atoms with Crippen molar-refractivity contribution >= 4 is 15.9 Å². The summed E-state index contributed by atoms with van der Waals surface area (Å²) in [5.74, 6) is -1.89. The molecule has 0 N–H and O–H groups in total. The zero-order valence-corrected chi connectivity index (χ0v) is 17.2. The van der Waals surface area contributed by atoms with Crippen molar-refractivity contribution in [3.63, 3.8) is 0 Å². The quantitative estimate of drug-likeness (QED) is 0.659. The number of benzene rings is 2. The molecule has 0 radical (unpaired) electrons. The molecular weight excluding hydrogens is 418 g/mol. The number of sulfonamides is 1. The van der Waals surface area contributed by atoms with E-state index in [0.29, 0.717) is 11.8 Å². The highest BCUT2D eigenvalue weighted by Gasteiger charge is 2.30. The van der Waals surface area contributed by atoms with Gasteiger partial charge in [-0.1, -0.05) is 12.1 Å². The molecule has 10 heteroatoms. The van der Waals surface area contributed by atoms with Gasteiger partial charge in [0.1, 0.15) is 12.4 Å². The van der Waals surface area contributed by atoms with E-state index in [2.05, 4.69) is 0 Å². The lowest BCUT2D eigenvalue weighted by molar-refractivity contribution is -0.137. The Labute approximate surface area is 173 Å². The topological polar surface area (TPSA) is 76.2 Å². The van der Waals surface area contributed by atoms with Crippen LogP contribution in [0.25, 0.3) is 0 Å². The van der Waals surface area contributed by atoms with E-state index >= 15 is 0 Å². The number of nitrogens with zero attached hydrogens (tertiary/aromatic N) is 2. The molecule has 0 atom stereocenters. The molecule has 1 saturated heterocycles. The van der Waals surface area contributed by atoms with E-state index in [4.69, 9.17) is 9.47 Å². The number of halogens is 2. The molecule has 1 heterocycles. The number of rotatable bonds is 7. The Morgan fingerprint density at radius 3 is 2.43 bits per heavy atom. The fourth-order valence-electron chi connectivity index (χ4n) is 3.07. The van der Waals surface area contributed by atoms with E-state index in [-0.39, 0.29) is 50.2 Å². The number of hydrogen-bond donors (Lipinski definition) is 0. The van der Waals surface area contributed by atoms with Gasteiger partial charge in [-0.05, 0) is 35.9 Å². The first kappa shape index (κ1) is 22.1. The van der Waals surface area contributed by atoms with Crippen LogP contribution < -0.4 is 4.74 Å². The molecule has 2 aromatic rings. The summed E-state index contributed by atoms with van der Waals surface area (Å²) < 4.78 is 63.4. The minimum absolute atomic E-state index is 0.0585. The Morgan fingerprint density at radius 1 is 1.03 bits per heavy atom. The molecule has 30 heavy (non-hydrogen) atoms. The maximum Gasteiger partial charge on any atom is 0.248 e. The first-order valence-electron chi connectivity index (χ1n) is 9.25. The molecular formula is C20H22F2N2O5S. The van der Waals surface area contributed by atoms with Crippen LogP contribution >= 0.6 is 0 Å². The van der Waals surface area contributed by atoms with E-state index in [9.17, 15) is 22.0 Å². The zero-order valence-electron chi connectivity index (χ0n) is 16.4. The van der Waals surface area contributed by atoms with Gasteiger partial charge in [0.25, 0.3) is 0 Å². The van der Waals surface area contributed by atoms with E-state index < -0.39 is 21.7 Å². The van der Waals surface area contributed by atoms with Crippen molar-refractivity contribution in [3.05, 3.63) is 59.7 Å². The Balaban J connectivity index is 1.50. The number of ether oxygens (including phenoxy) is 2. The molecule has 0 saturated carbocycles. The second-order valence-corrected chi connectivity index (χ2v) is 8.64. The van der Waals surface area contributed by atoms with Gasteiger partial charge in [-0.25, -0.2) is 17.2 Å². The van der Waals surface area contributed by atoms with Crippen molar-refractivity contribution in [2.45, 2.75) is 11.5 Å². The Bertz CT molecular complexity index is 1010. The number of amides is 1. The van der Waals surface area contributed by atoms with E-state index in [1.165, 1.54) is 4.90 Å². The number of carbonyl (C=O) groups is 1. The minimum atomic E-state index is -3.96. The lowest BCUT2D eigenvalue weighted by Gasteiger charge is -2.34. The third-order valence-electron chi connectivity index (χ3n) is 4.75. The number of methoxy groups -OCH3 is 1. The van der Waals surface area contributed by atoms with Gasteiger partial charge in [0.2, 0.25) is 15.9 Å². The molecule has 0 aromatic heterocycles. The molecule has 0 bridgehead atoms. The van der Waals surface area contributed by atoms with Crippen molar-refractivity contribution in [3.8, 4) is 5.75 Å². The normalized spacial score (nSPS) is 15.2. The van der Waals surface area contributed by atoms with Crippen molar-refractivity contribution in [2.24, 2.45) is 0 Å². The zero-order chi connectivity index (χ0) is 21.7. The molecule has 7 nitrogen and oxygen atoms in total. The predicted octanol–water partition coefficient (Wildman–Crippen LogP) is 2.02. The third kappa shape index (κ3) is 5.13. The summed E-state index contributed by atoms with van der Waals surface area (Å²) in [5.41, 5.74) is 0.865. The van der Waals surface area contributed by atoms with Gasteiger partial charge in [-0.3, -0.25) is 4.79 Å². The van der Waals surface area contributed by atoms with Crippen molar-refractivity contribution in [2.75, 3.05) is 39.9 Å². The Morgan fingerprint density at radius 2 is 1.77 bits per heavy atom. The van der Waals surface area contributed by atoms with Crippen LogP contribution in [-0.4, -0.2) is 63.4 Å². The molecule has 0 unspecified atom stereocenters. The van der Waals surface area contributed by atoms with Gasteiger partial charge in [0.15, 0.2) is 11.6 Å². The molecule has 1 fully saturated rings. The van der Waals surface area contributed by atoms with Crippen LogP contribution in [-0.2, 0) is 26.2 Å². The summed E-state index contributed by atoms with van der Waals surface area (Å²) in [6.07, 6.45) is 0. The Hall–Kier alpha value is -2.56. The highest BCUT2D eigenvalue weighted by atomic mass is 32.2. The number of hydrogen-bond acceptors (Lipinski definition) is 5. The van der Waals surface area contributed by atoms with E-state index in [0.717, 1.165) is 22.0 Å². The van der Waals surface area contributed by atoms with Crippen LogP contribution in [0.5, 0.6) is 5.75 Å². The highest BCUT2D eigenvalue weighted by Crippen LogP contribution is 2.20. The monoisotopic (exact) mass is 440 g/mol. The largest absolute Gasteiger partial charge is 0.497 e. The molecule has 0 aliphatic carbocycles. The van der Waals surface area contributed by atoms with Crippen LogP contribution in [0.1, 0.15) is 5.56 Å². The van der Waals surface area contributed by atoms with Gasteiger partial charge >= 0.3 is 0 Å². The molecule has 1 aliphatic heterocycles. The summed E-state index contributed by atoms with van der Waals surface area (Å²) in [6, 6.07) is 9.77. The fraction of sp³-hybridized carbons (Fsp3) is 0.350. The maximum absolute atomic E-state index is 13.4. The summed E-state index contributed by atoms with van der Waals surface area (Å²) in [7, 11) is -2.40. The molecule has 1 amide bonds. The maximum atomic E-state index is 13.4. The lowest BCUT2D eigenvalue weighted by atomic mass is 10.2. The van der Waals surface area contributed by atoms with Crippen molar-refractivity contribution in [1.82, 2.24) is 9.21 Å². The number of carbonyl (C=O) groups excluding carboxylic acids is 1. The average molecular weight is 440 g/mol. The van der Waals surface area contributed by atoms with Crippen LogP contribution in [0.15, 0.2) is 47.4 Å². The second-order valence-electron chi connectivity index (χ2n) is 6.71. The van der Waals surface area contributed by atoms with Gasteiger partial charge in [-0.15, -0.1) is 0 Å². The molecule has 3 rings (SSSR count). The van der Waals surface area contributed by atoms with E-state index in [1.807, 2.05) is 24.3 Å². The summed E-state index contributed by atoms with van der Waals surface area (Å²) >= 11 is 0. The van der Waals surface area contributed by atoms with Gasteiger partial charge in [0.05, 0.1) is 18.6 Å². The molecule has 2 aromatic carbocycles. The van der Waals surface area contributed by atoms with Crippen molar-refractivity contribution < 1.29 is 31.5 Å². The highest BCUT2D eigenvalue weighted by molar-refractivity contribution is 7.89. The smallest absolute Gasteiger partial charge is 0.248 e. The second kappa shape index (κ2) is 9.50. The first-order valence-corrected chi connectivity index (χ1v) is 10.7. The average Bonchev–Trinajstić information content (AvgIpc) is 2.75. The van der Waals surface area contributed by atoms with Crippen molar-refractivity contribution in [1.29, 1.82) is 0 Å². The van der Waals surface area contributed by atoms with Crippen LogP contribution in [0.4, 0.5) is 8.78 Å². The standard InChI is InChI=1S/C20H22F2N2O5S/c1-28-16-4-2-3-15(11-16)13-29-14-20(25)23-7-9-24(10-8-23)30(26,27)17-5-6-18(21)19(22)12-17/h2-6,11-12H,7-10,13-14H2,1H3. The van der Waals surface area contributed by atoms with Crippen LogP contribution in [0, 0.1) is 11.6 Å². The fourth-order valence-corrected chi connectivity index (χ4v) is 4.51. The molecule has 0 spiro atoms.